The van der Waals surface area contributed by atoms with Crippen molar-refractivity contribution >= 4 is 11.9 Å². The first-order valence-electron chi connectivity index (χ1n) is 12.3. The molecule has 192 valence electrons. The van der Waals surface area contributed by atoms with Gasteiger partial charge < -0.3 is 19.5 Å². The summed E-state index contributed by atoms with van der Waals surface area (Å²) in [5, 5.41) is 15.1. The average molecular weight is 508 g/mol. The highest BCUT2D eigenvalue weighted by Crippen LogP contribution is 2.49. The van der Waals surface area contributed by atoms with E-state index in [1.54, 1.807) is 36.4 Å². The highest BCUT2D eigenvalue weighted by atomic mass is 19.3. The number of piperidine rings is 1. The fraction of sp³-hybridized carbons (Fsp3) is 0.407. The van der Waals surface area contributed by atoms with Crippen LogP contribution in [-0.4, -0.2) is 47.2 Å². The Labute approximate surface area is 213 Å². The standard InChI is InChI=1S/C27H27F2N5O3/c1-17(2)23-32-25(37-33-23)34-13-9-26(10-14-34)27(28,29)16-21-15-20(7-8-22(21)36-26)18-3-5-19(6-4-18)24(35)31-12-11-30/h3-8,15,17H,9-10,12-14,16H2,1-2H3,(H,31,35). The van der Waals surface area contributed by atoms with E-state index in [1.165, 1.54) is 0 Å². The molecule has 1 spiro atoms. The fourth-order valence-corrected chi connectivity index (χ4v) is 4.83. The van der Waals surface area contributed by atoms with Crippen LogP contribution in [0, 0.1) is 11.3 Å². The number of hydrogen-bond acceptors (Lipinski definition) is 7. The molecule has 1 saturated heterocycles. The van der Waals surface area contributed by atoms with Crippen LogP contribution in [0.5, 0.6) is 5.75 Å². The van der Waals surface area contributed by atoms with Gasteiger partial charge in [0.1, 0.15) is 12.3 Å². The number of hydrogen-bond donors (Lipinski definition) is 1. The molecule has 10 heteroatoms. The Morgan fingerprint density at radius 2 is 1.86 bits per heavy atom. The van der Waals surface area contributed by atoms with E-state index in [2.05, 4.69) is 15.5 Å². The second-order valence-corrected chi connectivity index (χ2v) is 9.80. The monoisotopic (exact) mass is 507 g/mol. The first-order valence-corrected chi connectivity index (χ1v) is 12.3. The average Bonchev–Trinajstić information content (AvgIpc) is 3.39. The van der Waals surface area contributed by atoms with E-state index in [-0.39, 0.29) is 31.2 Å². The number of ether oxygens (including phenoxy) is 1. The minimum Gasteiger partial charge on any atom is -0.481 e. The van der Waals surface area contributed by atoms with Crippen LogP contribution >= 0.6 is 0 Å². The van der Waals surface area contributed by atoms with Gasteiger partial charge in [-0.2, -0.15) is 10.2 Å². The Morgan fingerprint density at radius 3 is 2.51 bits per heavy atom. The number of nitrogens with zero attached hydrogens (tertiary/aromatic N) is 4. The summed E-state index contributed by atoms with van der Waals surface area (Å²) in [6, 6.07) is 14.3. The van der Waals surface area contributed by atoms with Crippen molar-refractivity contribution in [3.63, 3.8) is 0 Å². The van der Waals surface area contributed by atoms with Gasteiger partial charge in [0.05, 0.1) is 6.07 Å². The summed E-state index contributed by atoms with van der Waals surface area (Å²) in [7, 11) is 0. The smallest absolute Gasteiger partial charge is 0.324 e. The van der Waals surface area contributed by atoms with Crippen molar-refractivity contribution in [2.75, 3.05) is 24.5 Å². The molecular weight excluding hydrogens is 480 g/mol. The van der Waals surface area contributed by atoms with Crippen molar-refractivity contribution in [3.8, 4) is 22.9 Å². The van der Waals surface area contributed by atoms with Crippen LogP contribution in [0.2, 0.25) is 0 Å². The summed E-state index contributed by atoms with van der Waals surface area (Å²) >= 11 is 0. The lowest BCUT2D eigenvalue weighted by atomic mass is 9.79. The number of carbonyl (C=O) groups is 1. The van der Waals surface area contributed by atoms with Crippen LogP contribution in [0.15, 0.2) is 47.0 Å². The van der Waals surface area contributed by atoms with Gasteiger partial charge in [-0.25, -0.2) is 8.78 Å². The molecule has 0 atom stereocenters. The molecule has 1 aromatic heterocycles. The highest BCUT2D eigenvalue weighted by molar-refractivity contribution is 5.94. The molecule has 1 fully saturated rings. The zero-order chi connectivity index (χ0) is 26.2. The number of nitriles is 1. The maximum atomic E-state index is 15.6. The van der Waals surface area contributed by atoms with Gasteiger partial charge in [-0.05, 0) is 35.4 Å². The fourth-order valence-electron chi connectivity index (χ4n) is 4.83. The summed E-state index contributed by atoms with van der Waals surface area (Å²) in [6.07, 6.45) is -0.144. The number of rotatable bonds is 5. The topological polar surface area (TPSA) is 104 Å². The van der Waals surface area contributed by atoms with Crippen molar-refractivity contribution in [3.05, 3.63) is 59.4 Å². The molecule has 0 saturated carbocycles. The zero-order valence-corrected chi connectivity index (χ0v) is 20.6. The third-order valence-corrected chi connectivity index (χ3v) is 7.04. The highest BCUT2D eigenvalue weighted by Gasteiger charge is 2.59. The van der Waals surface area contributed by atoms with Gasteiger partial charge in [0, 0.05) is 49.4 Å². The van der Waals surface area contributed by atoms with E-state index in [0.29, 0.717) is 41.8 Å². The van der Waals surface area contributed by atoms with Crippen molar-refractivity contribution in [1.82, 2.24) is 15.5 Å². The van der Waals surface area contributed by atoms with E-state index < -0.39 is 17.9 Å². The Morgan fingerprint density at radius 1 is 1.16 bits per heavy atom. The molecule has 3 heterocycles. The second kappa shape index (κ2) is 9.47. The number of aromatic nitrogens is 2. The maximum Gasteiger partial charge on any atom is 0.324 e. The van der Waals surface area contributed by atoms with Crippen LogP contribution < -0.4 is 15.0 Å². The lowest BCUT2D eigenvalue weighted by Crippen LogP contribution is -2.61. The largest absolute Gasteiger partial charge is 0.481 e. The van der Waals surface area contributed by atoms with Gasteiger partial charge in [0.25, 0.3) is 11.8 Å². The number of fused-ring (bicyclic) bond motifs is 1. The SMILES string of the molecule is CC(C)c1noc(N2CCC3(CC2)Oc2ccc(-c4ccc(C(=O)NCC#N)cc4)cc2CC3(F)F)n1. The molecule has 5 rings (SSSR count). The molecular formula is C27H27F2N5O3. The lowest BCUT2D eigenvalue weighted by Gasteiger charge is -2.48. The van der Waals surface area contributed by atoms with Crippen molar-refractivity contribution in [2.24, 2.45) is 0 Å². The summed E-state index contributed by atoms with van der Waals surface area (Å²) in [5.74, 6) is -2.22. The molecule has 0 aliphatic carbocycles. The molecule has 0 unspecified atom stereocenters. The van der Waals surface area contributed by atoms with Gasteiger partial charge in [0.2, 0.25) is 0 Å². The first-order chi connectivity index (χ1) is 17.7. The minimum absolute atomic E-state index is 0.0743. The van der Waals surface area contributed by atoms with Crippen LogP contribution in [0.25, 0.3) is 11.1 Å². The number of anilines is 1. The van der Waals surface area contributed by atoms with Gasteiger partial charge in [-0.1, -0.05) is 37.2 Å². The molecule has 37 heavy (non-hydrogen) atoms. The van der Waals surface area contributed by atoms with Gasteiger partial charge in [-0.3, -0.25) is 4.79 Å². The molecule has 1 N–H and O–H groups in total. The Kier molecular flexibility index (Phi) is 6.31. The molecule has 2 aliphatic rings. The van der Waals surface area contributed by atoms with Crippen molar-refractivity contribution < 1.29 is 22.8 Å². The van der Waals surface area contributed by atoms with Gasteiger partial charge in [-0.15, -0.1) is 0 Å². The van der Waals surface area contributed by atoms with Gasteiger partial charge in [0.15, 0.2) is 11.4 Å². The van der Waals surface area contributed by atoms with Crippen molar-refractivity contribution in [1.29, 1.82) is 5.26 Å². The summed E-state index contributed by atoms with van der Waals surface area (Å²) in [6.45, 7) is 4.51. The van der Waals surface area contributed by atoms with Crippen LogP contribution in [-0.2, 0) is 6.42 Å². The number of alkyl halides is 2. The minimum atomic E-state index is -3.05. The van der Waals surface area contributed by atoms with Crippen LogP contribution in [0.4, 0.5) is 14.8 Å². The second-order valence-electron chi connectivity index (χ2n) is 9.80. The normalized spacial score (nSPS) is 17.7. The number of amides is 1. The quantitative estimate of drug-likeness (QED) is 0.498. The van der Waals surface area contributed by atoms with E-state index in [1.807, 2.05) is 30.9 Å². The molecule has 1 amide bonds. The van der Waals surface area contributed by atoms with Crippen molar-refractivity contribution in [2.45, 2.75) is 50.6 Å². The molecule has 3 aromatic rings. The number of carbonyl (C=O) groups excluding carboxylic acids is 1. The zero-order valence-electron chi connectivity index (χ0n) is 20.6. The Bertz CT molecular complexity index is 1340. The summed E-state index contributed by atoms with van der Waals surface area (Å²) in [4.78, 5) is 18.2. The predicted octanol–water partition coefficient (Wildman–Crippen LogP) is 4.72. The molecule has 2 aliphatic heterocycles. The van der Waals surface area contributed by atoms with E-state index >= 15 is 8.78 Å². The third kappa shape index (κ3) is 4.61. The Hall–Kier alpha value is -4.00. The third-order valence-electron chi connectivity index (χ3n) is 7.04. The number of halogens is 2. The molecule has 2 aromatic carbocycles. The Balaban J connectivity index is 1.31. The maximum absolute atomic E-state index is 15.6. The van der Waals surface area contributed by atoms with E-state index in [0.717, 1.165) is 11.1 Å². The van der Waals surface area contributed by atoms with E-state index in [4.69, 9.17) is 14.5 Å². The predicted molar refractivity (Wildman–Crippen MR) is 132 cm³/mol. The summed E-state index contributed by atoms with van der Waals surface area (Å²) in [5.41, 5.74) is 0.824. The number of nitrogens with one attached hydrogen (secondary N) is 1. The molecule has 0 radical (unpaired) electrons. The lowest BCUT2D eigenvalue weighted by molar-refractivity contribution is -0.185. The molecule has 0 bridgehead atoms. The van der Waals surface area contributed by atoms with E-state index in [9.17, 15) is 4.79 Å². The van der Waals surface area contributed by atoms with Gasteiger partial charge >= 0.3 is 6.01 Å². The summed E-state index contributed by atoms with van der Waals surface area (Å²) < 4.78 is 42.6. The number of benzene rings is 2. The first kappa shape index (κ1) is 24.7. The molecule has 8 nitrogen and oxygen atoms in total. The van der Waals surface area contributed by atoms with Crippen LogP contribution in [0.1, 0.15) is 54.4 Å². The van der Waals surface area contributed by atoms with Crippen LogP contribution in [0.3, 0.4) is 0 Å².